The zero-order chi connectivity index (χ0) is 14.4. The summed E-state index contributed by atoms with van der Waals surface area (Å²) >= 11 is 1.53. The highest BCUT2D eigenvalue weighted by molar-refractivity contribution is 7.88. The molecule has 1 saturated heterocycles. The van der Waals surface area contributed by atoms with Gasteiger partial charge < -0.3 is 4.90 Å². The highest BCUT2D eigenvalue weighted by Gasteiger charge is 2.50. The number of hydrogen-bond donors (Lipinski definition) is 1. The van der Waals surface area contributed by atoms with Crippen molar-refractivity contribution in [2.75, 3.05) is 19.3 Å². The summed E-state index contributed by atoms with van der Waals surface area (Å²) < 4.78 is 25.0. The molecule has 2 aliphatic rings. The van der Waals surface area contributed by atoms with Gasteiger partial charge in [0.2, 0.25) is 10.0 Å². The number of nitrogens with zero attached hydrogens (tertiary/aromatic N) is 1. The van der Waals surface area contributed by atoms with Gasteiger partial charge in [-0.3, -0.25) is 4.79 Å². The maximum absolute atomic E-state index is 12.3. The minimum absolute atomic E-state index is 0.0428. The van der Waals surface area contributed by atoms with Crippen LogP contribution in [0.1, 0.15) is 29.6 Å². The summed E-state index contributed by atoms with van der Waals surface area (Å²) in [5.74, 6) is 0.0997. The first-order valence-corrected chi connectivity index (χ1v) is 9.49. The quantitative estimate of drug-likeness (QED) is 0.914. The van der Waals surface area contributed by atoms with Gasteiger partial charge in [-0.2, -0.15) is 11.3 Å². The van der Waals surface area contributed by atoms with Crippen molar-refractivity contribution in [3.8, 4) is 0 Å². The molecular formula is C13H18N2O3S2. The topological polar surface area (TPSA) is 66.5 Å². The number of rotatable bonds is 3. The van der Waals surface area contributed by atoms with Crippen molar-refractivity contribution in [2.45, 2.75) is 25.3 Å². The minimum atomic E-state index is -3.12. The molecule has 2 fully saturated rings. The standard InChI is InChI=1S/C13H18N2O3S2/c1-20(17,18)14-11-6-13(7-11)3-4-15(9-13)12(16)10-2-5-19-8-10/h2,5,8,11,14H,3-4,6-7,9H2,1H3. The summed E-state index contributed by atoms with van der Waals surface area (Å²) in [6, 6.07) is 1.90. The smallest absolute Gasteiger partial charge is 0.254 e. The van der Waals surface area contributed by atoms with Crippen molar-refractivity contribution >= 4 is 27.3 Å². The lowest BCUT2D eigenvalue weighted by Crippen LogP contribution is -2.51. The molecule has 1 aliphatic heterocycles. The molecule has 110 valence electrons. The van der Waals surface area contributed by atoms with Crippen molar-refractivity contribution in [3.05, 3.63) is 22.4 Å². The molecule has 0 unspecified atom stereocenters. The monoisotopic (exact) mass is 314 g/mol. The van der Waals surface area contributed by atoms with Gasteiger partial charge in [-0.25, -0.2) is 13.1 Å². The maximum atomic E-state index is 12.3. The van der Waals surface area contributed by atoms with E-state index in [1.54, 1.807) is 0 Å². The zero-order valence-electron chi connectivity index (χ0n) is 11.3. The average Bonchev–Trinajstić information content (AvgIpc) is 2.93. The Morgan fingerprint density at radius 3 is 2.85 bits per heavy atom. The molecule has 1 amide bonds. The van der Waals surface area contributed by atoms with Gasteiger partial charge in [-0.05, 0) is 36.1 Å². The van der Waals surface area contributed by atoms with E-state index in [1.807, 2.05) is 21.7 Å². The van der Waals surface area contributed by atoms with Gasteiger partial charge in [0.25, 0.3) is 5.91 Å². The Balaban J connectivity index is 1.58. The number of sulfonamides is 1. The van der Waals surface area contributed by atoms with E-state index in [0.717, 1.165) is 37.9 Å². The van der Waals surface area contributed by atoms with Crippen LogP contribution in [0.15, 0.2) is 16.8 Å². The van der Waals surface area contributed by atoms with E-state index in [0.29, 0.717) is 0 Å². The van der Waals surface area contributed by atoms with Crippen LogP contribution in [0, 0.1) is 5.41 Å². The van der Waals surface area contributed by atoms with Crippen molar-refractivity contribution < 1.29 is 13.2 Å². The van der Waals surface area contributed by atoms with E-state index in [1.165, 1.54) is 17.6 Å². The Kier molecular flexibility index (Phi) is 3.38. The molecule has 7 heteroatoms. The lowest BCUT2D eigenvalue weighted by atomic mass is 9.65. The van der Waals surface area contributed by atoms with E-state index in [4.69, 9.17) is 0 Å². The third-order valence-electron chi connectivity index (χ3n) is 4.23. The highest BCUT2D eigenvalue weighted by atomic mass is 32.2. The van der Waals surface area contributed by atoms with E-state index >= 15 is 0 Å². The number of carbonyl (C=O) groups excluding carboxylic acids is 1. The third-order valence-corrected chi connectivity index (χ3v) is 5.68. The van der Waals surface area contributed by atoms with Crippen LogP contribution >= 0.6 is 11.3 Å². The van der Waals surface area contributed by atoms with E-state index in [-0.39, 0.29) is 17.4 Å². The first-order chi connectivity index (χ1) is 9.37. The molecule has 3 rings (SSSR count). The van der Waals surface area contributed by atoms with Crippen LogP contribution in [-0.4, -0.2) is 44.6 Å². The van der Waals surface area contributed by atoms with Gasteiger partial charge >= 0.3 is 0 Å². The van der Waals surface area contributed by atoms with Crippen LogP contribution in [-0.2, 0) is 10.0 Å². The molecule has 1 saturated carbocycles. The van der Waals surface area contributed by atoms with Gasteiger partial charge in [-0.15, -0.1) is 0 Å². The number of hydrogen-bond acceptors (Lipinski definition) is 4. The summed E-state index contributed by atoms with van der Waals surface area (Å²) in [6.07, 6.45) is 3.85. The van der Waals surface area contributed by atoms with Crippen molar-refractivity contribution in [1.29, 1.82) is 0 Å². The van der Waals surface area contributed by atoms with Crippen LogP contribution in [0.5, 0.6) is 0 Å². The maximum Gasteiger partial charge on any atom is 0.254 e. The van der Waals surface area contributed by atoms with Crippen LogP contribution in [0.4, 0.5) is 0 Å². The fraction of sp³-hybridized carbons (Fsp3) is 0.615. The predicted octanol–water partition coefficient (Wildman–Crippen LogP) is 1.29. The average molecular weight is 314 g/mol. The van der Waals surface area contributed by atoms with Crippen molar-refractivity contribution in [3.63, 3.8) is 0 Å². The van der Waals surface area contributed by atoms with Gasteiger partial charge in [0.15, 0.2) is 0 Å². The molecule has 1 spiro atoms. The zero-order valence-corrected chi connectivity index (χ0v) is 13.0. The van der Waals surface area contributed by atoms with Gasteiger partial charge in [0, 0.05) is 24.5 Å². The summed E-state index contributed by atoms with van der Waals surface area (Å²) in [7, 11) is -3.12. The Morgan fingerprint density at radius 2 is 2.25 bits per heavy atom. The van der Waals surface area contributed by atoms with E-state index < -0.39 is 10.0 Å². The number of carbonyl (C=O) groups is 1. The molecule has 1 aromatic rings. The normalized spacial score (nSPS) is 29.6. The van der Waals surface area contributed by atoms with Crippen LogP contribution < -0.4 is 4.72 Å². The fourth-order valence-electron chi connectivity index (χ4n) is 3.38. The Hall–Kier alpha value is -0.920. The van der Waals surface area contributed by atoms with Gasteiger partial charge in [0.1, 0.15) is 0 Å². The van der Waals surface area contributed by atoms with Crippen molar-refractivity contribution in [1.82, 2.24) is 9.62 Å². The first kappa shape index (κ1) is 14.0. The molecule has 0 atom stereocenters. The third kappa shape index (κ3) is 2.75. The number of thiophene rings is 1. The first-order valence-electron chi connectivity index (χ1n) is 6.66. The fourth-order valence-corrected chi connectivity index (χ4v) is 4.78. The molecular weight excluding hydrogens is 296 g/mol. The second kappa shape index (κ2) is 4.82. The summed E-state index contributed by atoms with van der Waals surface area (Å²) in [6.45, 7) is 1.53. The molecule has 5 nitrogen and oxygen atoms in total. The van der Waals surface area contributed by atoms with Gasteiger partial charge in [-0.1, -0.05) is 0 Å². The Morgan fingerprint density at radius 1 is 1.50 bits per heavy atom. The van der Waals surface area contributed by atoms with Crippen LogP contribution in [0.25, 0.3) is 0 Å². The SMILES string of the molecule is CS(=O)(=O)NC1CC2(CCN(C(=O)c3ccsc3)C2)C1. The molecule has 1 aromatic heterocycles. The lowest BCUT2D eigenvalue weighted by molar-refractivity contribution is 0.0688. The molecule has 0 bridgehead atoms. The molecule has 0 radical (unpaired) electrons. The summed E-state index contributed by atoms with van der Waals surface area (Å²) in [4.78, 5) is 14.2. The largest absolute Gasteiger partial charge is 0.338 e. The van der Waals surface area contributed by atoms with E-state index in [2.05, 4.69) is 4.72 Å². The van der Waals surface area contributed by atoms with Crippen LogP contribution in [0.3, 0.4) is 0 Å². The number of amides is 1. The van der Waals surface area contributed by atoms with E-state index in [9.17, 15) is 13.2 Å². The Labute approximate surface area is 123 Å². The summed E-state index contributed by atoms with van der Waals surface area (Å²) in [5, 5.41) is 3.79. The number of likely N-dealkylation sites (tertiary alicyclic amines) is 1. The van der Waals surface area contributed by atoms with Crippen LogP contribution in [0.2, 0.25) is 0 Å². The van der Waals surface area contributed by atoms with Gasteiger partial charge in [0.05, 0.1) is 11.8 Å². The molecule has 1 N–H and O–H groups in total. The predicted molar refractivity (Wildman–Crippen MR) is 78.3 cm³/mol. The highest BCUT2D eigenvalue weighted by Crippen LogP contribution is 2.48. The second-order valence-electron chi connectivity index (χ2n) is 5.98. The molecule has 1 aliphatic carbocycles. The number of nitrogens with one attached hydrogen (secondary N) is 1. The molecule has 0 aromatic carbocycles. The minimum Gasteiger partial charge on any atom is -0.338 e. The van der Waals surface area contributed by atoms with Crippen molar-refractivity contribution in [2.24, 2.45) is 5.41 Å². The summed E-state index contributed by atoms with van der Waals surface area (Å²) in [5.41, 5.74) is 0.894. The molecule has 2 heterocycles. The Bertz CT molecular complexity index is 604. The molecule has 20 heavy (non-hydrogen) atoms. The second-order valence-corrected chi connectivity index (χ2v) is 8.54. The lowest BCUT2D eigenvalue weighted by Gasteiger charge is -2.45.